The maximum Gasteiger partial charge on any atom is 0.441 e. The standard InChI is InChI=1S/C28H32Cl2F8OS4/c1-3-40-21-15-19(25(31)17(23(21)29)11-7-5-9-13-42-27(33,34)35)39-20-16-22(41-4-2)24(30)18(26(20)32)12-8-6-10-14-43-28(36,37)38/h15-16H,3-14H2,1-2H3. The van der Waals surface area contributed by atoms with Crippen LogP contribution in [0.2, 0.25) is 10.0 Å². The molecule has 2 aromatic rings. The molecular formula is C28H32Cl2F8OS4. The Morgan fingerprint density at radius 1 is 0.628 bits per heavy atom. The third kappa shape index (κ3) is 13.5. The average molecular weight is 736 g/mol. The largest absolute Gasteiger partial charge is 0.451 e. The molecule has 0 aliphatic rings. The van der Waals surface area contributed by atoms with Gasteiger partial charge in [0.05, 0.1) is 10.0 Å². The minimum absolute atomic E-state index is 0.0946. The molecule has 1 nitrogen and oxygen atoms in total. The van der Waals surface area contributed by atoms with Crippen LogP contribution in [0.15, 0.2) is 21.9 Å². The lowest BCUT2D eigenvalue weighted by molar-refractivity contribution is -0.0336. The van der Waals surface area contributed by atoms with Crippen molar-refractivity contribution >= 4 is 70.2 Å². The van der Waals surface area contributed by atoms with Gasteiger partial charge < -0.3 is 4.74 Å². The summed E-state index contributed by atoms with van der Waals surface area (Å²) < 4.78 is 111. The minimum atomic E-state index is -4.30. The molecule has 0 aromatic heterocycles. The summed E-state index contributed by atoms with van der Waals surface area (Å²) in [5, 5.41) is 0.370. The number of benzene rings is 2. The van der Waals surface area contributed by atoms with Crippen LogP contribution in [0, 0.1) is 11.6 Å². The third-order valence-corrected chi connectivity index (χ3v) is 10.5. The van der Waals surface area contributed by atoms with Crippen molar-refractivity contribution in [1.29, 1.82) is 0 Å². The Kier molecular flexibility index (Phi) is 16.9. The van der Waals surface area contributed by atoms with Crippen molar-refractivity contribution in [3.8, 4) is 11.5 Å². The number of hydrogen-bond acceptors (Lipinski definition) is 5. The fraction of sp³-hybridized carbons (Fsp3) is 0.571. The van der Waals surface area contributed by atoms with Crippen LogP contribution in [0.25, 0.3) is 0 Å². The van der Waals surface area contributed by atoms with Gasteiger partial charge in [-0.1, -0.05) is 73.4 Å². The van der Waals surface area contributed by atoms with Gasteiger partial charge in [-0.2, -0.15) is 26.3 Å². The van der Waals surface area contributed by atoms with E-state index in [2.05, 4.69) is 0 Å². The molecule has 0 saturated carbocycles. The Labute approximate surface area is 274 Å². The van der Waals surface area contributed by atoms with Crippen molar-refractivity contribution in [2.24, 2.45) is 0 Å². The summed E-state index contributed by atoms with van der Waals surface area (Å²) in [4.78, 5) is 1.05. The van der Waals surface area contributed by atoms with Crippen LogP contribution < -0.4 is 4.74 Å². The number of ether oxygens (including phenoxy) is 1. The van der Waals surface area contributed by atoms with Gasteiger partial charge in [-0.15, -0.1) is 23.5 Å². The number of thioether (sulfide) groups is 4. The van der Waals surface area contributed by atoms with E-state index in [1.807, 2.05) is 13.8 Å². The molecular weight excluding hydrogens is 703 g/mol. The van der Waals surface area contributed by atoms with Gasteiger partial charge in [0.2, 0.25) is 0 Å². The van der Waals surface area contributed by atoms with Gasteiger partial charge in [0, 0.05) is 32.4 Å². The first kappa shape index (κ1) is 38.8. The van der Waals surface area contributed by atoms with E-state index in [0.717, 1.165) is 0 Å². The number of rotatable bonds is 18. The molecule has 0 aliphatic carbocycles. The van der Waals surface area contributed by atoms with E-state index in [0.29, 0.717) is 59.8 Å². The van der Waals surface area contributed by atoms with E-state index in [9.17, 15) is 26.3 Å². The average Bonchev–Trinajstić information content (AvgIpc) is 2.91. The molecule has 2 rings (SSSR count). The highest BCUT2D eigenvalue weighted by Gasteiger charge is 2.28. The first-order valence-electron chi connectivity index (χ1n) is 13.5. The highest BCUT2D eigenvalue weighted by Crippen LogP contribution is 2.43. The maximum atomic E-state index is 15.7. The van der Waals surface area contributed by atoms with Crippen LogP contribution in [0.1, 0.15) is 63.5 Å². The summed E-state index contributed by atoms with van der Waals surface area (Å²) >= 11 is 15.5. The molecule has 0 radical (unpaired) electrons. The molecule has 0 atom stereocenters. The Morgan fingerprint density at radius 3 is 1.33 bits per heavy atom. The van der Waals surface area contributed by atoms with Crippen molar-refractivity contribution in [3.05, 3.63) is 44.9 Å². The van der Waals surface area contributed by atoms with Gasteiger partial charge in [0.15, 0.2) is 23.1 Å². The predicted molar refractivity (Wildman–Crippen MR) is 168 cm³/mol. The SMILES string of the molecule is CCSc1cc(Oc2cc(SCC)c(Cl)c(CCCCCSC(F)(F)F)c2F)c(F)c(CCCCCSC(F)(F)F)c1Cl. The second-order valence-electron chi connectivity index (χ2n) is 9.14. The third-order valence-electron chi connectivity index (χ3n) is 5.94. The molecule has 0 saturated heterocycles. The molecule has 43 heavy (non-hydrogen) atoms. The minimum Gasteiger partial charge on any atom is -0.451 e. The summed E-state index contributed by atoms with van der Waals surface area (Å²) in [6.45, 7) is 3.76. The van der Waals surface area contributed by atoms with Crippen molar-refractivity contribution in [2.75, 3.05) is 23.0 Å². The molecule has 0 fully saturated rings. The molecule has 0 bridgehead atoms. The van der Waals surface area contributed by atoms with Crippen molar-refractivity contribution in [1.82, 2.24) is 0 Å². The Bertz CT molecular complexity index is 1090. The summed E-state index contributed by atoms with van der Waals surface area (Å²) in [5.41, 5.74) is -8.30. The van der Waals surface area contributed by atoms with E-state index in [1.54, 1.807) is 0 Å². The number of hydrogen-bond donors (Lipinski definition) is 0. The van der Waals surface area contributed by atoms with E-state index in [-0.39, 0.29) is 80.5 Å². The zero-order valence-corrected chi connectivity index (χ0v) is 28.2. The second kappa shape index (κ2) is 18.7. The molecule has 15 heteroatoms. The second-order valence-corrected chi connectivity index (χ2v) is 14.8. The fourth-order valence-electron chi connectivity index (χ4n) is 4.04. The van der Waals surface area contributed by atoms with Crippen LogP contribution in [-0.2, 0) is 12.8 Å². The molecule has 0 aliphatic heterocycles. The first-order valence-corrected chi connectivity index (χ1v) is 18.2. The Hall–Kier alpha value is -0.340. The number of halogens is 10. The molecule has 0 spiro atoms. The summed E-state index contributed by atoms with van der Waals surface area (Å²) in [6.07, 6.45) is 2.58. The molecule has 2 aromatic carbocycles. The lowest BCUT2D eigenvalue weighted by atomic mass is 10.1. The number of alkyl halides is 6. The van der Waals surface area contributed by atoms with Crippen LogP contribution >= 0.6 is 70.2 Å². The van der Waals surface area contributed by atoms with Gasteiger partial charge in [0.25, 0.3) is 0 Å². The van der Waals surface area contributed by atoms with Crippen LogP contribution in [0.3, 0.4) is 0 Å². The Morgan fingerprint density at radius 2 is 1.00 bits per heavy atom. The molecule has 0 amide bonds. The molecule has 0 heterocycles. The van der Waals surface area contributed by atoms with Crippen LogP contribution in [-0.4, -0.2) is 34.0 Å². The fourth-order valence-corrected chi connectivity index (χ4v) is 7.50. The summed E-state index contributed by atoms with van der Waals surface area (Å²) in [6, 6.07) is 2.79. The molecule has 0 N–H and O–H groups in total. The topological polar surface area (TPSA) is 9.23 Å². The zero-order chi connectivity index (χ0) is 32.2. The van der Waals surface area contributed by atoms with Gasteiger partial charge in [-0.25, -0.2) is 8.78 Å². The smallest absolute Gasteiger partial charge is 0.441 e. The quantitative estimate of drug-likeness (QED) is 0.0854. The van der Waals surface area contributed by atoms with E-state index in [1.165, 1.54) is 35.7 Å². The van der Waals surface area contributed by atoms with E-state index >= 15 is 8.78 Å². The molecule has 244 valence electrons. The first-order chi connectivity index (χ1) is 20.2. The predicted octanol–water partition coefficient (Wildman–Crippen LogP) is 13.2. The van der Waals surface area contributed by atoms with Crippen LogP contribution in [0.5, 0.6) is 11.5 Å². The summed E-state index contributed by atoms with van der Waals surface area (Å²) in [7, 11) is 0. The highest BCUT2D eigenvalue weighted by molar-refractivity contribution is 8.00. The lowest BCUT2D eigenvalue weighted by Gasteiger charge is -2.18. The van der Waals surface area contributed by atoms with E-state index < -0.39 is 22.7 Å². The molecule has 0 unspecified atom stereocenters. The highest BCUT2D eigenvalue weighted by atomic mass is 35.5. The van der Waals surface area contributed by atoms with Crippen molar-refractivity contribution in [3.63, 3.8) is 0 Å². The maximum absolute atomic E-state index is 15.7. The van der Waals surface area contributed by atoms with Crippen LogP contribution in [0.4, 0.5) is 35.1 Å². The summed E-state index contributed by atoms with van der Waals surface area (Å²) in [5.74, 6) is -1.02. The number of unbranched alkanes of at least 4 members (excludes halogenated alkanes) is 4. The van der Waals surface area contributed by atoms with Gasteiger partial charge in [-0.3, -0.25) is 0 Å². The van der Waals surface area contributed by atoms with Crippen molar-refractivity contribution in [2.45, 2.75) is 86.0 Å². The van der Waals surface area contributed by atoms with Gasteiger partial charge in [-0.05, 0) is 62.2 Å². The zero-order valence-electron chi connectivity index (χ0n) is 23.5. The lowest BCUT2D eigenvalue weighted by Crippen LogP contribution is -2.03. The normalized spacial score (nSPS) is 12.3. The van der Waals surface area contributed by atoms with Gasteiger partial charge in [0.1, 0.15) is 0 Å². The Balaban J connectivity index is 2.28. The van der Waals surface area contributed by atoms with E-state index in [4.69, 9.17) is 27.9 Å². The van der Waals surface area contributed by atoms with Gasteiger partial charge >= 0.3 is 11.0 Å². The monoisotopic (exact) mass is 734 g/mol. The van der Waals surface area contributed by atoms with Crippen molar-refractivity contribution < 1.29 is 39.9 Å².